The van der Waals surface area contributed by atoms with Gasteiger partial charge in [-0.1, -0.05) is 48.0 Å². The molecule has 0 heterocycles. The Kier molecular flexibility index (Phi) is 2.45. The highest BCUT2D eigenvalue weighted by molar-refractivity contribution is 5.65. The molecule has 1 nitrogen and oxygen atoms in total. The minimum atomic E-state index is -0.194. The third kappa shape index (κ3) is 1.80. The van der Waals surface area contributed by atoms with Crippen LogP contribution in [0.3, 0.4) is 0 Å². The van der Waals surface area contributed by atoms with Crippen LogP contribution in [0.2, 0.25) is 0 Å². The predicted molar refractivity (Wildman–Crippen MR) is 73.1 cm³/mol. The third-order valence-corrected chi connectivity index (χ3v) is 3.76. The number of aryl methyl sites for hydroxylation is 1. The Labute approximate surface area is 108 Å². The highest BCUT2D eigenvalue weighted by atomic mass is 14.5. The van der Waals surface area contributed by atoms with Crippen LogP contribution in [-0.2, 0) is 5.41 Å². The summed E-state index contributed by atoms with van der Waals surface area (Å²) in [5.74, 6) is 0. The van der Waals surface area contributed by atoms with Gasteiger partial charge >= 0.3 is 0 Å². The lowest BCUT2D eigenvalue weighted by Crippen LogP contribution is -2.02. The number of nitriles is 1. The molecule has 1 aliphatic carbocycles. The molecule has 2 aromatic rings. The van der Waals surface area contributed by atoms with Crippen molar-refractivity contribution in [1.82, 2.24) is 0 Å². The second-order valence-electron chi connectivity index (χ2n) is 5.14. The summed E-state index contributed by atoms with van der Waals surface area (Å²) in [6.45, 7) is 2.09. The Bertz CT molecular complexity index is 613. The number of nitrogens with zero attached hydrogens (tertiary/aromatic N) is 1. The van der Waals surface area contributed by atoms with Crippen LogP contribution in [0.5, 0.6) is 0 Å². The first-order valence-corrected chi connectivity index (χ1v) is 6.32. The molecule has 0 spiro atoms. The van der Waals surface area contributed by atoms with Gasteiger partial charge in [-0.05, 0) is 42.5 Å². The maximum absolute atomic E-state index is 9.26. The van der Waals surface area contributed by atoms with Crippen molar-refractivity contribution in [3.05, 3.63) is 59.7 Å². The van der Waals surface area contributed by atoms with E-state index < -0.39 is 0 Å². The first kappa shape index (κ1) is 11.0. The largest absolute Gasteiger partial charge is 0.197 e. The molecule has 0 bridgehead atoms. The lowest BCUT2D eigenvalue weighted by Gasteiger charge is -2.09. The summed E-state index contributed by atoms with van der Waals surface area (Å²) in [6, 6.07) is 19.4. The highest BCUT2D eigenvalue weighted by Gasteiger charge is 2.44. The topological polar surface area (TPSA) is 23.8 Å². The van der Waals surface area contributed by atoms with Crippen LogP contribution in [0, 0.1) is 18.3 Å². The Balaban J connectivity index is 2.02. The van der Waals surface area contributed by atoms with Gasteiger partial charge in [0, 0.05) is 0 Å². The van der Waals surface area contributed by atoms with E-state index >= 15 is 0 Å². The summed E-state index contributed by atoms with van der Waals surface area (Å²) in [5, 5.41) is 9.26. The Morgan fingerprint density at radius 2 is 1.72 bits per heavy atom. The smallest absolute Gasteiger partial charge is 0.0824 e. The SMILES string of the molecule is Cc1ccc(-c2cccc(C3(C#N)CC3)c2)cc1. The van der Waals surface area contributed by atoms with E-state index in [-0.39, 0.29) is 5.41 Å². The summed E-state index contributed by atoms with van der Waals surface area (Å²) in [4.78, 5) is 0. The lowest BCUT2D eigenvalue weighted by atomic mass is 9.93. The molecule has 0 aromatic heterocycles. The fraction of sp³-hybridized carbons (Fsp3) is 0.235. The van der Waals surface area contributed by atoms with Gasteiger partial charge in [0.15, 0.2) is 0 Å². The molecule has 0 unspecified atom stereocenters. The van der Waals surface area contributed by atoms with Crippen LogP contribution in [0.4, 0.5) is 0 Å². The molecule has 2 aromatic carbocycles. The molecule has 0 N–H and O–H groups in total. The van der Waals surface area contributed by atoms with Gasteiger partial charge in [0.1, 0.15) is 0 Å². The summed E-state index contributed by atoms with van der Waals surface area (Å²) in [6.07, 6.45) is 2.00. The zero-order valence-corrected chi connectivity index (χ0v) is 10.5. The molecular formula is C17H15N. The Morgan fingerprint density at radius 1 is 1.00 bits per heavy atom. The average molecular weight is 233 g/mol. The van der Waals surface area contributed by atoms with Crippen molar-refractivity contribution >= 4 is 0 Å². The number of hydrogen-bond acceptors (Lipinski definition) is 1. The van der Waals surface area contributed by atoms with Gasteiger partial charge < -0.3 is 0 Å². The molecule has 3 rings (SSSR count). The molecule has 1 fully saturated rings. The van der Waals surface area contributed by atoms with Gasteiger partial charge in [-0.2, -0.15) is 5.26 Å². The summed E-state index contributed by atoms with van der Waals surface area (Å²) in [5.41, 5.74) is 4.67. The van der Waals surface area contributed by atoms with Gasteiger partial charge in [-0.3, -0.25) is 0 Å². The van der Waals surface area contributed by atoms with Crippen LogP contribution < -0.4 is 0 Å². The fourth-order valence-corrected chi connectivity index (χ4v) is 2.33. The van der Waals surface area contributed by atoms with Crippen molar-refractivity contribution in [1.29, 1.82) is 5.26 Å². The van der Waals surface area contributed by atoms with Crippen LogP contribution in [0.1, 0.15) is 24.0 Å². The quantitative estimate of drug-likeness (QED) is 0.762. The van der Waals surface area contributed by atoms with Gasteiger partial charge in [-0.15, -0.1) is 0 Å². The van der Waals surface area contributed by atoms with Crippen LogP contribution >= 0.6 is 0 Å². The highest BCUT2D eigenvalue weighted by Crippen LogP contribution is 2.48. The first-order chi connectivity index (χ1) is 8.73. The van der Waals surface area contributed by atoms with Crippen molar-refractivity contribution in [2.45, 2.75) is 25.2 Å². The number of benzene rings is 2. The second-order valence-corrected chi connectivity index (χ2v) is 5.14. The average Bonchev–Trinajstić information content (AvgIpc) is 3.21. The predicted octanol–water partition coefficient (Wildman–Crippen LogP) is 4.22. The molecule has 1 heteroatoms. The van der Waals surface area contributed by atoms with Crippen molar-refractivity contribution in [2.24, 2.45) is 0 Å². The minimum Gasteiger partial charge on any atom is -0.197 e. The lowest BCUT2D eigenvalue weighted by molar-refractivity contribution is 0.909. The molecule has 1 saturated carbocycles. The minimum absolute atomic E-state index is 0.194. The van der Waals surface area contributed by atoms with E-state index in [9.17, 15) is 5.26 Å². The Morgan fingerprint density at radius 3 is 2.33 bits per heavy atom. The van der Waals surface area contributed by atoms with E-state index in [0.29, 0.717) is 0 Å². The van der Waals surface area contributed by atoms with E-state index in [1.165, 1.54) is 22.3 Å². The van der Waals surface area contributed by atoms with E-state index in [0.717, 1.165) is 12.8 Å². The molecule has 0 amide bonds. The third-order valence-electron chi connectivity index (χ3n) is 3.76. The van der Waals surface area contributed by atoms with Crippen molar-refractivity contribution in [3.63, 3.8) is 0 Å². The van der Waals surface area contributed by atoms with Gasteiger partial charge in [-0.25, -0.2) is 0 Å². The zero-order chi connectivity index (χ0) is 12.6. The van der Waals surface area contributed by atoms with Gasteiger partial charge in [0.25, 0.3) is 0 Å². The zero-order valence-electron chi connectivity index (χ0n) is 10.5. The van der Waals surface area contributed by atoms with Crippen LogP contribution in [-0.4, -0.2) is 0 Å². The Hall–Kier alpha value is -2.07. The summed E-state index contributed by atoms with van der Waals surface area (Å²) >= 11 is 0. The van der Waals surface area contributed by atoms with Crippen molar-refractivity contribution in [3.8, 4) is 17.2 Å². The van der Waals surface area contributed by atoms with Gasteiger partial charge in [0.2, 0.25) is 0 Å². The first-order valence-electron chi connectivity index (χ1n) is 6.32. The summed E-state index contributed by atoms with van der Waals surface area (Å²) in [7, 11) is 0. The molecule has 0 radical (unpaired) electrons. The maximum Gasteiger partial charge on any atom is 0.0824 e. The second kappa shape index (κ2) is 3.99. The maximum atomic E-state index is 9.26. The van der Waals surface area contributed by atoms with Crippen LogP contribution in [0.25, 0.3) is 11.1 Å². The van der Waals surface area contributed by atoms with E-state index in [4.69, 9.17) is 0 Å². The van der Waals surface area contributed by atoms with E-state index in [1.54, 1.807) is 0 Å². The monoisotopic (exact) mass is 233 g/mol. The fourth-order valence-electron chi connectivity index (χ4n) is 2.33. The molecule has 0 atom stereocenters. The molecule has 0 aliphatic heterocycles. The molecule has 88 valence electrons. The van der Waals surface area contributed by atoms with Crippen molar-refractivity contribution in [2.75, 3.05) is 0 Å². The normalized spacial score (nSPS) is 16.0. The number of hydrogen-bond donors (Lipinski definition) is 0. The van der Waals surface area contributed by atoms with Crippen LogP contribution in [0.15, 0.2) is 48.5 Å². The molecule has 18 heavy (non-hydrogen) atoms. The molecule has 0 saturated heterocycles. The van der Waals surface area contributed by atoms with Gasteiger partial charge in [0.05, 0.1) is 11.5 Å². The van der Waals surface area contributed by atoms with Crippen molar-refractivity contribution < 1.29 is 0 Å². The molecule has 1 aliphatic rings. The molecular weight excluding hydrogens is 218 g/mol. The summed E-state index contributed by atoms with van der Waals surface area (Å²) < 4.78 is 0. The number of rotatable bonds is 2. The standard InChI is InChI=1S/C17H15N/c1-13-5-7-14(8-6-13)15-3-2-4-16(11-15)17(12-18)9-10-17/h2-8,11H,9-10H2,1H3. The van der Waals surface area contributed by atoms with E-state index in [1.807, 2.05) is 0 Å². The van der Waals surface area contributed by atoms with E-state index in [2.05, 4.69) is 61.5 Å².